The van der Waals surface area contributed by atoms with Crippen LogP contribution in [0.5, 0.6) is 5.75 Å². The molecular weight excluding hydrogens is 304 g/mol. The number of amides is 1. The van der Waals surface area contributed by atoms with Gasteiger partial charge in [0, 0.05) is 11.6 Å². The van der Waals surface area contributed by atoms with Gasteiger partial charge in [-0.3, -0.25) is 10.1 Å². The topological polar surface area (TPSA) is 64.4 Å². The molecule has 24 heavy (non-hydrogen) atoms. The maximum absolute atomic E-state index is 11.9. The van der Waals surface area contributed by atoms with Gasteiger partial charge < -0.3 is 9.26 Å². The summed E-state index contributed by atoms with van der Waals surface area (Å²) < 4.78 is 10.6. The summed E-state index contributed by atoms with van der Waals surface area (Å²) in [6.45, 7) is 2.00. The van der Waals surface area contributed by atoms with E-state index in [9.17, 15) is 4.79 Å². The van der Waals surface area contributed by atoms with E-state index >= 15 is 0 Å². The van der Waals surface area contributed by atoms with Crippen molar-refractivity contribution in [3.05, 3.63) is 66.2 Å². The van der Waals surface area contributed by atoms with E-state index < -0.39 is 0 Å². The highest BCUT2D eigenvalue weighted by Gasteiger charge is 2.10. The standard InChI is InChI=1S/C19H18N2O3/c1-2-14-8-10-16(11-9-14)23-13-18(22)20-19-12-17(21-24-19)15-6-4-3-5-7-15/h3-12H,2,13H2,1H3,(H,20,22). The van der Waals surface area contributed by atoms with Crippen LogP contribution in [-0.4, -0.2) is 17.7 Å². The van der Waals surface area contributed by atoms with Gasteiger partial charge in [-0.15, -0.1) is 0 Å². The van der Waals surface area contributed by atoms with E-state index in [1.807, 2.05) is 54.6 Å². The monoisotopic (exact) mass is 322 g/mol. The van der Waals surface area contributed by atoms with Gasteiger partial charge >= 0.3 is 0 Å². The summed E-state index contributed by atoms with van der Waals surface area (Å²) in [6.07, 6.45) is 0.968. The number of hydrogen-bond acceptors (Lipinski definition) is 4. The van der Waals surface area contributed by atoms with E-state index in [1.165, 1.54) is 5.56 Å². The zero-order chi connectivity index (χ0) is 16.8. The van der Waals surface area contributed by atoms with Gasteiger partial charge in [-0.1, -0.05) is 54.5 Å². The molecule has 0 aliphatic heterocycles. The van der Waals surface area contributed by atoms with Crippen LogP contribution in [0, 0.1) is 0 Å². The van der Waals surface area contributed by atoms with Crippen LogP contribution in [0.1, 0.15) is 12.5 Å². The van der Waals surface area contributed by atoms with Crippen LogP contribution >= 0.6 is 0 Å². The van der Waals surface area contributed by atoms with E-state index in [0.717, 1.165) is 12.0 Å². The average Bonchev–Trinajstić information content (AvgIpc) is 3.09. The van der Waals surface area contributed by atoms with Crippen molar-refractivity contribution in [2.75, 3.05) is 11.9 Å². The summed E-state index contributed by atoms with van der Waals surface area (Å²) in [4.78, 5) is 11.9. The number of nitrogens with zero attached hydrogens (tertiary/aromatic N) is 1. The SMILES string of the molecule is CCc1ccc(OCC(=O)Nc2cc(-c3ccccc3)no2)cc1. The summed E-state index contributed by atoms with van der Waals surface area (Å²) in [6, 6.07) is 19.0. The molecule has 0 spiro atoms. The second kappa shape index (κ2) is 7.46. The lowest BCUT2D eigenvalue weighted by Gasteiger charge is -2.06. The average molecular weight is 322 g/mol. The van der Waals surface area contributed by atoms with Crippen molar-refractivity contribution >= 4 is 11.8 Å². The summed E-state index contributed by atoms with van der Waals surface area (Å²) >= 11 is 0. The highest BCUT2D eigenvalue weighted by molar-refractivity contribution is 5.91. The summed E-state index contributed by atoms with van der Waals surface area (Å²) in [5, 5.41) is 6.58. The Morgan fingerprint density at radius 2 is 1.88 bits per heavy atom. The Kier molecular flexibility index (Phi) is 4.91. The highest BCUT2D eigenvalue weighted by Crippen LogP contribution is 2.21. The van der Waals surface area contributed by atoms with Crippen molar-refractivity contribution in [1.29, 1.82) is 0 Å². The molecule has 0 saturated carbocycles. The fraction of sp³-hybridized carbons (Fsp3) is 0.158. The zero-order valence-electron chi connectivity index (χ0n) is 13.4. The molecule has 0 bridgehead atoms. The Bertz CT molecular complexity index is 795. The van der Waals surface area contributed by atoms with Crippen LogP contribution < -0.4 is 10.1 Å². The van der Waals surface area contributed by atoms with Crippen molar-refractivity contribution in [3.63, 3.8) is 0 Å². The second-order valence-corrected chi connectivity index (χ2v) is 5.28. The normalized spacial score (nSPS) is 10.4. The predicted molar refractivity (Wildman–Crippen MR) is 91.9 cm³/mol. The Labute approximate surface area is 140 Å². The van der Waals surface area contributed by atoms with Gasteiger partial charge in [-0.05, 0) is 24.1 Å². The molecule has 1 aromatic heterocycles. The van der Waals surface area contributed by atoms with E-state index in [1.54, 1.807) is 6.07 Å². The van der Waals surface area contributed by atoms with Crippen molar-refractivity contribution in [3.8, 4) is 17.0 Å². The molecule has 0 aliphatic rings. The maximum atomic E-state index is 11.9. The Morgan fingerprint density at radius 3 is 2.58 bits per heavy atom. The van der Waals surface area contributed by atoms with E-state index in [-0.39, 0.29) is 12.5 Å². The minimum absolute atomic E-state index is 0.0904. The molecule has 0 aliphatic carbocycles. The number of nitrogens with one attached hydrogen (secondary N) is 1. The number of rotatable bonds is 6. The van der Waals surface area contributed by atoms with Gasteiger partial charge in [0.15, 0.2) is 6.61 Å². The molecule has 3 aromatic rings. The number of hydrogen-bond donors (Lipinski definition) is 1. The quantitative estimate of drug-likeness (QED) is 0.747. The minimum atomic E-state index is -0.301. The first-order valence-corrected chi connectivity index (χ1v) is 7.78. The number of anilines is 1. The molecule has 0 radical (unpaired) electrons. The zero-order valence-corrected chi connectivity index (χ0v) is 13.4. The summed E-state index contributed by atoms with van der Waals surface area (Å²) in [5.74, 6) is 0.652. The largest absolute Gasteiger partial charge is 0.484 e. The number of benzene rings is 2. The van der Waals surface area contributed by atoms with Gasteiger partial charge in [0.05, 0.1) is 0 Å². The first-order chi connectivity index (χ1) is 11.7. The smallest absolute Gasteiger partial charge is 0.264 e. The predicted octanol–water partition coefficient (Wildman–Crippen LogP) is 3.92. The fourth-order valence-electron chi connectivity index (χ4n) is 2.22. The first-order valence-electron chi connectivity index (χ1n) is 7.78. The number of carbonyl (C=O) groups excluding carboxylic acids is 1. The molecule has 122 valence electrons. The van der Waals surface area contributed by atoms with Crippen molar-refractivity contribution < 1.29 is 14.1 Å². The molecule has 0 atom stereocenters. The van der Waals surface area contributed by atoms with Crippen LogP contribution in [0.3, 0.4) is 0 Å². The summed E-state index contributed by atoms with van der Waals surface area (Å²) in [7, 11) is 0. The Balaban J connectivity index is 1.54. The van der Waals surface area contributed by atoms with E-state index in [2.05, 4.69) is 17.4 Å². The fourth-order valence-corrected chi connectivity index (χ4v) is 2.22. The van der Waals surface area contributed by atoms with Gasteiger partial charge in [0.1, 0.15) is 11.4 Å². The highest BCUT2D eigenvalue weighted by atomic mass is 16.5. The Morgan fingerprint density at radius 1 is 1.12 bits per heavy atom. The number of carbonyl (C=O) groups is 1. The molecule has 1 amide bonds. The lowest BCUT2D eigenvalue weighted by molar-refractivity contribution is -0.118. The molecule has 5 nitrogen and oxygen atoms in total. The van der Waals surface area contributed by atoms with Gasteiger partial charge in [0.2, 0.25) is 5.88 Å². The van der Waals surface area contributed by atoms with Crippen LogP contribution in [0.2, 0.25) is 0 Å². The van der Waals surface area contributed by atoms with Crippen LogP contribution in [0.25, 0.3) is 11.3 Å². The number of aromatic nitrogens is 1. The third-order valence-corrected chi connectivity index (χ3v) is 3.54. The van der Waals surface area contributed by atoms with E-state index in [0.29, 0.717) is 17.3 Å². The second-order valence-electron chi connectivity index (χ2n) is 5.28. The first kappa shape index (κ1) is 15.8. The van der Waals surface area contributed by atoms with Crippen LogP contribution in [0.4, 0.5) is 5.88 Å². The van der Waals surface area contributed by atoms with Crippen molar-refractivity contribution in [2.24, 2.45) is 0 Å². The lowest BCUT2D eigenvalue weighted by Crippen LogP contribution is -2.19. The molecule has 1 heterocycles. The van der Waals surface area contributed by atoms with Crippen molar-refractivity contribution in [2.45, 2.75) is 13.3 Å². The van der Waals surface area contributed by atoms with E-state index in [4.69, 9.17) is 9.26 Å². The molecule has 0 unspecified atom stereocenters. The molecule has 0 saturated heterocycles. The van der Waals surface area contributed by atoms with Crippen LogP contribution in [0.15, 0.2) is 65.2 Å². The summed E-state index contributed by atoms with van der Waals surface area (Å²) in [5.41, 5.74) is 2.82. The third-order valence-electron chi connectivity index (χ3n) is 3.54. The molecule has 3 rings (SSSR count). The van der Waals surface area contributed by atoms with Crippen molar-refractivity contribution in [1.82, 2.24) is 5.16 Å². The van der Waals surface area contributed by atoms with Gasteiger partial charge in [-0.25, -0.2) is 0 Å². The lowest BCUT2D eigenvalue weighted by atomic mass is 10.2. The number of aryl methyl sites for hydroxylation is 1. The van der Waals surface area contributed by atoms with Crippen LogP contribution in [-0.2, 0) is 11.2 Å². The van der Waals surface area contributed by atoms with Gasteiger partial charge in [0.25, 0.3) is 5.91 Å². The molecule has 2 aromatic carbocycles. The molecule has 0 fully saturated rings. The molecular formula is C19H18N2O3. The Hall–Kier alpha value is -3.08. The molecule has 1 N–H and O–H groups in total. The minimum Gasteiger partial charge on any atom is -0.484 e. The maximum Gasteiger partial charge on any atom is 0.264 e. The molecule has 5 heteroatoms. The number of ether oxygens (including phenoxy) is 1. The third kappa shape index (κ3) is 4.01. The van der Waals surface area contributed by atoms with Gasteiger partial charge in [-0.2, -0.15) is 0 Å².